The zero-order chi connectivity index (χ0) is 17.5. The van der Waals surface area contributed by atoms with E-state index in [4.69, 9.17) is 11.6 Å². The number of carbonyl (C=O) groups excluding carboxylic acids is 1. The highest BCUT2D eigenvalue weighted by Gasteiger charge is 2.19. The first-order chi connectivity index (χ1) is 11.3. The molecule has 2 heterocycles. The summed E-state index contributed by atoms with van der Waals surface area (Å²) in [6.07, 6.45) is 1.86. The number of nitrogens with zero attached hydrogens (tertiary/aromatic N) is 3. The number of hydrogen-bond acceptors (Lipinski definition) is 3. The number of rotatable bonds is 2. The van der Waals surface area contributed by atoms with Gasteiger partial charge in [0.1, 0.15) is 5.69 Å². The Hall–Kier alpha value is -2.40. The Morgan fingerprint density at radius 1 is 1.21 bits per heavy atom. The lowest BCUT2D eigenvalue weighted by molar-refractivity contribution is 0.102. The van der Waals surface area contributed by atoms with Gasteiger partial charge in [-0.25, -0.2) is 9.50 Å². The highest BCUT2D eigenvalue weighted by molar-refractivity contribution is 6.31. The number of benzene rings is 1. The summed E-state index contributed by atoms with van der Waals surface area (Å²) in [5.74, 6) is -0.284. The number of halogens is 1. The zero-order valence-corrected chi connectivity index (χ0v) is 14.8. The van der Waals surface area contributed by atoms with Crippen molar-refractivity contribution in [3.8, 4) is 0 Å². The van der Waals surface area contributed by atoms with Crippen LogP contribution in [0.25, 0.3) is 5.65 Å². The van der Waals surface area contributed by atoms with E-state index in [-0.39, 0.29) is 11.3 Å². The first-order valence-corrected chi connectivity index (χ1v) is 8.07. The molecule has 3 rings (SSSR count). The zero-order valence-electron chi connectivity index (χ0n) is 14.1. The second-order valence-corrected chi connectivity index (χ2v) is 7.17. The quantitative estimate of drug-likeness (QED) is 0.757. The summed E-state index contributed by atoms with van der Waals surface area (Å²) < 4.78 is 1.64. The highest BCUT2D eigenvalue weighted by Crippen LogP contribution is 2.24. The van der Waals surface area contributed by atoms with Gasteiger partial charge in [0.25, 0.3) is 5.91 Å². The smallest absolute Gasteiger partial charge is 0.276 e. The molecule has 0 radical (unpaired) electrons. The van der Waals surface area contributed by atoms with E-state index in [1.54, 1.807) is 28.8 Å². The molecule has 24 heavy (non-hydrogen) atoms. The second kappa shape index (κ2) is 5.91. The first-order valence-electron chi connectivity index (χ1n) is 7.69. The van der Waals surface area contributed by atoms with Crippen molar-refractivity contribution in [2.45, 2.75) is 33.1 Å². The number of hydrogen-bond donors (Lipinski definition) is 1. The maximum absolute atomic E-state index is 12.5. The average molecular weight is 343 g/mol. The fourth-order valence-electron chi connectivity index (χ4n) is 2.29. The van der Waals surface area contributed by atoms with Crippen LogP contribution in [0.4, 0.5) is 5.69 Å². The fourth-order valence-corrected chi connectivity index (χ4v) is 2.47. The van der Waals surface area contributed by atoms with E-state index < -0.39 is 0 Å². The Morgan fingerprint density at radius 3 is 2.67 bits per heavy atom. The van der Waals surface area contributed by atoms with Gasteiger partial charge in [-0.2, -0.15) is 5.10 Å². The molecule has 1 amide bonds. The third-order valence-electron chi connectivity index (χ3n) is 3.84. The van der Waals surface area contributed by atoms with Crippen molar-refractivity contribution >= 4 is 28.8 Å². The Kier molecular flexibility index (Phi) is 4.05. The minimum Gasteiger partial charge on any atom is -0.320 e. The lowest BCUT2D eigenvalue weighted by Gasteiger charge is -2.13. The fraction of sp³-hybridized carbons (Fsp3) is 0.278. The van der Waals surface area contributed by atoms with Gasteiger partial charge in [-0.05, 0) is 36.8 Å². The Labute approximate surface area is 145 Å². The van der Waals surface area contributed by atoms with Crippen LogP contribution in [0, 0.1) is 6.92 Å². The highest BCUT2D eigenvalue weighted by atomic mass is 35.5. The molecule has 0 aliphatic rings. The Bertz CT molecular complexity index is 924. The summed E-state index contributed by atoms with van der Waals surface area (Å²) in [5, 5.41) is 7.83. The van der Waals surface area contributed by atoms with Gasteiger partial charge < -0.3 is 5.32 Å². The lowest BCUT2D eigenvalue weighted by atomic mass is 9.93. The minimum atomic E-state index is -0.284. The molecule has 124 valence electrons. The van der Waals surface area contributed by atoms with Gasteiger partial charge in [-0.1, -0.05) is 38.4 Å². The number of aromatic nitrogens is 3. The van der Waals surface area contributed by atoms with Crippen LogP contribution in [0.15, 0.2) is 36.5 Å². The van der Waals surface area contributed by atoms with Crippen LogP contribution in [0.1, 0.15) is 42.5 Å². The summed E-state index contributed by atoms with van der Waals surface area (Å²) in [7, 11) is 0. The number of amides is 1. The van der Waals surface area contributed by atoms with Gasteiger partial charge in [-0.15, -0.1) is 0 Å². The average Bonchev–Trinajstić information content (AvgIpc) is 2.95. The van der Waals surface area contributed by atoms with E-state index in [1.165, 1.54) is 0 Å². The van der Waals surface area contributed by atoms with Crippen molar-refractivity contribution in [1.29, 1.82) is 0 Å². The van der Waals surface area contributed by atoms with Crippen molar-refractivity contribution in [2.24, 2.45) is 0 Å². The molecule has 0 aliphatic carbocycles. The van der Waals surface area contributed by atoms with E-state index in [9.17, 15) is 4.79 Å². The van der Waals surface area contributed by atoms with Crippen LogP contribution in [0.5, 0.6) is 0 Å². The van der Waals surface area contributed by atoms with Crippen LogP contribution in [-0.2, 0) is 5.41 Å². The number of fused-ring (bicyclic) bond motifs is 1. The maximum Gasteiger partial charge on any atom is 0.276 e. The van der Waals surface area contributed by atoms with Crippen molar-refractivity contribution in [3.05, 3.63) is 58.5 Å². The van der Waals surface area contributed by atoms with E-state index in [0.29, 0.717) is 16.4 Å². The third kappa shape index (κ3) is 3.12. The van der Waals surface area contributed by atoms with Gasteiger partial charge in [0.15, 0.2) is 5.65 Å². The van der Waals surface area contributed by atoms with Crippen molar-refractivity contribution in [2.75, 3.05) is 5.32 Å². The van der Waals surface area contributed by atoms with Crippen LogP contribution < -0.4 is 5.32 Å². The molecule has 6 heteroatoms. The summed E-state index contributed by atoms with van der Waals surface area (Å²) in [5.41, 5.74) is 3.39. The van der Waals surface area contributed by atoms with E-state index in [0.717, 1.165) is 16.9 Å². The molecule has 0 fully saturated rings. The molecule has 2 aromatic heterocycles. The normalized spacial score (nSPS) is 11.7. The van der Waals surface area contributed by atoms with Gasteiger partial charge in [0, 0.05) is 16.1 Å². The molecule has 0 atom stereocenters. The molecule has 0 saturated carbocycles. The molecule has 0 bridgehead atoms. The van der Waals surface area contributed by atoms with Crippen LogP contribution in [0.3, 0.4) is 0 Å². The largest absolute Gasteiger partial charge is 0.320 e. The molecule has 0 saturated heterocycles. The standard InChI is InChI=1S/C18H19ClN4O/c1-11-12(19)6-5-7-13(11)20-17(24)14-8-9-16-21-15(18(2,3)4)10-23(16)22-14/h5-10H,1-4H3,(H,20,24). The molecule has 0 unspecified atom stereocenters. The number of imidazole rings is 1. The lowest BCUT2D eigenvalue weighted by Crippen LogP contribution is -2.15. The predicted molar refractivity (Wildman–Crippen MR) is 95.8 cm³/mol. The van der Waals surface area contributed by atoms with Crippen molar-refractivity contribution < 1.29 is 4.79 Å². The summed E-state index contributed by atoms with van der Waals surface area (Å²) in [4.78, 5) is 17.0. The van der Waals surface area contributed by atoms with Gasteiger partial charge in [0.05, 0.1) is 11.9 Å². The Morgan fingerprint density at radius 2 is 1.96 bits per heavy atom. The van der Waals surface area contributed by atoms with E-state index >= 15 is 0 Å². The molecule has 5 nitrogen and oxygen atoms in total. The summed E-state index contributed by atoms with van der Waals surface area (Å²) in [6.45, 7) is 8.12. The van der Waals surface area contributed by atoms with Crippen molar-refractivity contribution in [1.82, 2.24) is 14.6 Å². The summed E-state index contributed by atoms with van der Waals surface area (Å²) >= 11 is 6.09. The van der Waals surface area contributed by atoms with Gasteiger partial charge in [-0.3, -0.25) is 4.79 Å². The number of carbonyl (C=O) groups is 1. The molecule has 3 aromatic rings. The first kappa shape index (κ1) is 16.5. The molecule has 1 aromatic carbocycles. The van der Waals surface area contributed by atoms with Crippen LogP contribution in [-0.4, -0.2) is 20.5 Å². The summed E-state index contributed by atoms with van der Waals surface area (Å²) in [6, 6.07) is 8.86. The van der Waals surface area contributed by atoms with Gasteiger partial charge >= 0.3 is 0 Å². The van der Waals surface area contributed by atoms with Crippen LogP contribution in [0.2, 0.25) is 5.02 Å². The molecule has 1 N–H and O–H groups in total. The molecule has 0 aliphatic heterocycles. The second-order valence-electron chi connectivity index (χ2n) is 6.76. The van der Waals surface area contributed by atoms with E-state index in [1.807, 2.05) is 19.2 Å². The third-order valence-corrected chi connectivity index (χ3v) is 4.25. The SMILES string of the molecule is Cc1c(Cl)cccc1NC(=O)c1ccc2nc(C(C)(C)C)cn2n1. The molecular weight excluding hydrogens is 324 g/mol. The monoisotopic (exact) mass is 342 g/mol. The Balaban J connectivity index is 1.91. The van der Waals surface area contributed by atoms with Gasteiger partial charge in [0.2, 0.25) is 0 Å². The van der Waals surface area contributed by atoms with Crippen molar-refractivity contribution in [3.63, 3.8) is 0 Å². The number of anilines is 1. The van der Waals surface area contributed by atoms with E-state index in [2.05, 4.69) is 36.2 Å². The topological polar surface area (TPSA) is 59.3 Å². The minimum absolute atomic E-state index is 0.0754. The molecular formula is C18H19ClN4O. The van der Waals surface area contributed by atoms with Crippen LogP contribution >= 0.6 is 11.6 Å². The number of nitrogens with one attached hydrogen (secondary N) is 1. The maximum atomic E-state index is 12.5. The predicted octanol–water partition coefficient (Wildman–Crippen LogP) is 4.24. The molecule has 0 spiro atoms.